The van der Waals surface area contributed by atoms with E-state index in [2.05, 4.69) is 22.4 Å². The minimum Gasteiger partial charge on any atom is -0.497 e. The van der Waals surface area contributed by atoms with Gasteiger partial charge < -0.3 is 9.64 Å². The van der Waals surface area contributed by atoms with E-state index >= 15 is 0 Å². The number of ether oxygens (including phenoxy) is 1. The van der Waals surface area contributed by atoms with Crippen molar-refractivity contribution in [3.05, 3.63) is 42.0 Å². The van der Waals surface area contributed by atoms with Crippen LogP contribution in [0.4, 0.5) is 0 Å². The zero-order valence-corrected chi connectivity index (χ0v) is 13.7. The molecule has 0 aromatic heterocycles. The van der Waals surface area contributed by atoms with Crippen LogP contribution in [-0.2, 0) is 9.59 Å². The number of hydrogen-bond donors (Lipinski definition) is 0. The Morgan fingerprint density at radius 3 is 2.71 bits per heavy atom. The first-order valence-corrected chi connectivity index (χ1v) is 8.23. The average Bonchev–Trinajstić information content (AvgIpc) is 2.88. The molecule has 1 fully saturated rings. The van der Waals surface area contributed by atoms with Gasteiger partial charge in [-0.2, -0.15) is 5.11 Å². The number of likely N-dealkylation sites (tertiary alicyclic amines) is 1. The highest BCUT2D eigenvalue weighted by atomic mass is 16.5. The van der Waals surface area contributed by atoms with Crippen molar-refractivity contribution < 1.29 is 14.3 Å². The van der Waals surface area contributed by atoms with Gasteiger partial charge in [0.25, 0.3) is 11.8 Å². The van der Waals surface area contributed by atoms with Gasteiger partial charge in [0, 0.05) is 25.1 Å². The standard InChI is InChI=1S/C18H21N3O3/c1-24-15-7-5-13(6-8-15)14-4-2-3-11-21(12-14)18(23)16-9-10-17(22)20-19-16/h5-10,14,16H,2-4,11-12H2,1H3. The van der Waals surface area contributed by atoms with Crippen molar-refractivity contribution in [2.24, 2.45) is 10.2 Å². The molecule has 1 saturated heterocycles. The number of rotatable bonds is 3. The van der Waals surface area contributed by atoms with Gasteiger partial charge in [-0.25, -0.2) is 0 Å². The summed E-state index contributed by atoms with van der Waals surface area (Å²) in [6.45, 7) is 1.39. The maximum atomic E-state index is 12.7. The Labute approximate surface area is 141 Å². The van der Waals surface area contributed by atoms with Gasteiger partial charge in [0.15, 0.2) is 6.04 Å². The predicted octanol–water partition coefficient (Wildman–Crippen LogP) is 2.71. The second-order valence-electron chi connectivity index (χ2n) is 6.11. The summed E-state index contributed by atoms with van der Waals surface area (Å²) in [5.74, 6) is 0.639. The Morgan fingerprint density at radius 1 is 1.25 bits per heavy atom. The highest BCUT2D eigenvalue weighted by Crippen LogP contribution is 2.28. The molecule has 2 unspecified atom stereocenters. The number of nitrogens with zero attached hydrogens (tertiary/aromatic N) is 3. The number of carbonyl (C=O) groups excluding carboxylic acids is 2. The van der Waals surface area contributed by atoms with Crippen LogP contribution in [0, 0.1) is 0 Å². The molecule has 6 heteroatoms. The number of carbonyl (C=O) groups is 2. The third kappa shape index (κ3) is 3.69. The molecule has 1 aromatic carbocycles. The molecule has 6 nitrogen and oxygen atoms in total. The molecule has 0 bridgehead atoms. The summed E-state index contributed by atoms with van der Waals surface area (Å²) in [6, 6.07) is 7.37. The predicted molar refractivity (Wildman–Crippen MR) is 89.0 cm³/mol. The minimum absolute atomic E-state index is 0.0806. The molecule has 0 radical (unpaired) electrons. The van der Waals surface area contributed by atoms with E-state index in [0.717, 1.165) is 31.6 Å². The fraction of sp³-hybridized carbons (Fsp3) is 0.444. The summed E-state index contributed by atoms with van der Waals surface area (Å²) in [7, 11) is 1.65. The summed E-state index contributed by atoms with van der Waals surface area (Å²) < 4.78 is 5.21. The molecule has 2 aliphatic rings. The van der Waals surface area contributed by atoms with Crippen molar-refractivity contribution >= 4 is 11.8 Å². The van der Waals surface area contributed by atoms with E-state index < -0.39 is 11.9 Å². The van der Waals surface area contributed by atoms with Crippen LogP contribution in [0.5, 0.6) is 5.75 Å². The van der Waals surface area contributed by atoms with Crippen molar-refractivity contribution in [3.63, 3.8) is 0 Å². The SMILES string of the molecule is COc1ccc(C2CCCCN(C(=O)C3C=CC(=O)N=N3)C2)cc1. The van der Waals surface area contributed by atoms with Gasteiger partial charge in [-0.1, -0.05) is 18.6 Å². The van der Waals surface area contributed by atoms with Crippen LogP contribution < -0.4 is 4.74 Å². The van der Waals surface area contributed by atoms with Crippen molar-refractivity contribution in [2.75, 3.05) is 20.2 Å². The van der Waals surface area contributed by atoms with Crippen molar-refractivity contribution in [1.29, 1.82) is 0 Å². The molecule has 3 rings (SSSR count). The number of azo groups is 1. The van der Waals surface area contributed by atoms with Crippen LogP contribution in [0.25, 0.3) is 0 Å². The fourth-order valence-electron chi connectivity index (χ4n) is 3.17. The van der Waals surface area contributed by atoms with Gasteiger partial charge in [-0.05, 0) is 36.6 Å². The zero-order valence-electron chi connectivity index (χ0n) is 13.7. The molecule has 0 saturated carbocycles. The van der Waals surface area contributed by atoms with Gasteiger partial charge in [0.1, 0.15) is 5.75 Å². The Kier molecular flexibility index (Phi) is 5.03. The quantitative estimate of drug-likeness (QED) is 0.857. The lowest BCUT2D eigenvalue weighted by Gasteiger charge is -2.26. The Bertz CT molecular complexity index is 651. The molecule has 0 N–H and O–H groups in total. The first kappa shape index (κ1) is 16.4. The van der Waals surface area contributed by atoms with E-state index in [0.29, 0.717) is 12.5 Å². The van der Waals surface area contributed by atoms with Crippen LogP contribution in [0.3, 0.4) is 0 Å². The second kappa shape index (κ2) is 7.38. The minimum atomic E-state index is -0.669. The Balaban J connectivity index is 1.72. The molecule has 0 aliphatic carbocycles. The molecule has 2 atom stereocenters. The molecular formula is C18H21N3O3. The topological polar surface area (TPSA) is 71.3 Å². The smallest absolute Gasteiger partial charge is 0.287 e. The Hall–Kier alpha value is -2.50. The van der Waals surface area contributed by atoms with Crippen LogP contribution >= 0.6 is 0 Å². The van der Waals surface area contributed by atoms with Crippen LogP contribution in [0.15, 0.2) is 46.6 Å². The summed E-state index contributed by atoms with van der Waals surface area (Å²) in [5, 5.41) is 7.30. The summed E-state index contributed by atoms with van der Waals surface area (Å²) in [4.78, 5) is 25.6. The van der Waals surface area contributed by atoms with Crippen molar-refractivity contribution in [1.82, 2.24) is 4.90 Å². The van der Waals surface area contributed by atoms with E-state index in [4.69, 9.17) is 4.74 Å². The lowest BCUT2D eigenvalue weighted by molar-refractivity contribution is -0.131. The normalized spacial score (nSPS) is 23.9. The molecule has 126 valence electrons. The maximum absolute atomic E-state index is 12.7. The first-order valence-electron chi connectivity index (χ1n) is 8.23. The van der Waals surface area contributed by atoms with E-state index in [1.807, 2.05) is 17.0 Å². The van der Waals surface area contributed by atoms with Gasteiger partial charge in [-0.15, -0.1) is 5.11 Å². The van der Waals surface area contributed by atoms with E-state index in [9.17, 15) is 9.59 Å². The van der Waals surface area contributed by atoms with Gasteiger partial charge >= 0.3 is 0 Å². The average molecular weight is 327 g/mol. The third-order valence-corrected chi connectivity index (χ3v) is 4.53. The van der Waals surface area contributed by atoms with E-state index in [1.165, 1.54) is 17.7 Å². The molecular weight excluding hydrogens is 306 g/mol. The molecule has 2 aliphatic heterocycles. The summed E-state index contributed by atoms with van der Waals surface area (Å²) >= 11 is 0. The van der Waals surface area contributed by atoms with Gasteiger partial charge in [0.2, 0.25) is 0 Å². The van der Waals surface area contributed by atoms with Crippen molar-refractivity contribution in [3.8, 4) is 5.75 Å². The Morgan fingerprint density at radius 2 is 2.04 bits per heavy atom. The molecule has 24 heavy (non-hydrogen) atoms. The molecule has 2 amide bonds. The summed E-state index contributed by atoms with van der Waals surface area (Å²) in [5.41, 5.74) is 1.21. The maximum Gasteiger partial charge on any atom is 0.287 e. The number of benzene rings is 1. The lowest BCUT2D eigenvalue weighted by Crippen LogP contribution is -2.40. The first-order chi connectivity index (χ1) is 11.7. The number of hydrogen-bond acceptors (Lipinski definition) is 4. The molecule has 1 aromatic rings. The number of methoxy groups -OCH3 is 1. The van der Waals surface area contributed by atoms with E-state index in [1.54, 1.807) is 7.11 Å². The highest BCUT2D eigenvalue weighted by molar-refractivity contribution is 5.92. The summed E-state index contributed by atoms with van der Waals surface area (Å²) in [6.07, 6.45) is 5.96. The van der Waals surface area contributed by atoms with Crippen LogP contribution in [0.2, 0.25) is 0 Å². The third-order valence-electron chi connectivity index (χ3n) is 4.53. The largest absolute Gasteiger partial charge is 0.497 e. The highest BCUT2D eigenvalue weighted by Gasteiger charge is 2.28. The second-order valence-corrected chi connectivity index (χ2v) is 6.11. The van der Waals surface area contributed by atoms with Gasteiger partial charge in [-0.3, -0.25) is 9.59 Å². The van der Waals surface area contributed by atoms with Crippen LogP contribution in [-0.4, -0.2) is 43.0 Å². The molecule has 0 spiro atoms. The number of amides is 2. The van der Waals surface area contributed by atoms with Crippen molar-refractivity contribution in [2.45, 2.75) is 31.2 Å². The lowest BCUT2D eigenvalue weighted by atomic mass is 9.94. The van der Waals surface area contributed by atoms with Gasteiger partial charge in [0.05, 0.1) is 7.11 Å². The van der Waals surface area contributed by atoms with E-state index in [-0.39, 0.29) is 5.91 Å². The fourth-order valence-corrected chi connectivity index (χ4v) is 3.17. The molecule has 2 heterocycles. The monoisotopic (exact) mass is 327 g/mol. The van der Waals surface area contributed by atoms with Crippen LogP contribution in [0.1, 0.15) is 30.7 Å². The zero-order chi connectivity index (χ0) is 16.9.